The van der Waals surface area contributed by atoms with Gasteiger partial charge in [-0.3, -0.25) is 0 Å². The van der Waals surface area contributed by atoms with Gasteiger partial charge >= 0.3 is 0 Å². The van der Waals surface area contributed by atoms with Crippen LogP contribution < -0.4 is 5.32 Å². The maximum absolute atomic E-state index is 5.80. The van der Waals surface area contributed by atoms with Gasteiger partial charge in [-0.25, -0.2) is 0 Å². The topological polar surface area (TPSA) is 21.3 Å². The molecule has 0 bridgehead atoms. The molecule has 0 saturated carbocycles. The lowest BCUT2D eigenvalue weighted by Gasteiger charge is -2.14. The predicted molar refractivity (Wildman–Crippen MR) is 80.7 cm³/mol. The Hall–Kier alpha value is -0.380. The molecule has 0 aliphatic rings. The molecule has 102 valence electrons. The first-order valence-electron chi connectivity index (χ1n) is 6.64. The Balaban J connectivity index is 2.13. The van der Waals surface area contributed by atoms with Crippen molar-refractivity contribution < 1.29 is 4.74 Å². The molecule has 1 aromatic carbocycles. The van der Waals surface area contributed by atoms with Gasteiger partial charge in [0.05, 0.1) is 12.7 Å². The van der Waals surface area contributed by atoms with Crippen LogP contribution in [-0.2, 0) is 11.3 Å². The van der Waals surface area contributed by atoms with E-state index in [1.807, 2.05) is 12.1 Å². The fraction of sp³-hybridized carbons (Fsp3) is 0.600. The summed E-state index contributed by atoms with van der Waals surface area (Å²) in [5.41, 5.74) is 1.22. The molecule has 0 aliphatic carbocycles. The van der Waals surface area contributed by atoms with Crippen LogP contribution in [0.25, 0.3) is 0 Å². The molecule has 3 heteroatoms. The summed E-state index contributed by atoms with van der Waals surface area (Å²) in [7, 11) is 0. The van der Waals surface area contributed by atoms with E-state index < -0.39 is 0 Å². The average Bonchev–Trinajstić information content (AvgIpc) is 2.34. The van der Waals surface area contributed by atoms with Crippen LogP contribution in [0, 0.1) is 5.92 Å². The molecule has 0 amide bonds. The summed E-state index contributed by atoms with van der Waals surface area (Å²) in [5, 5.41) is 3.43. The van der Waals surface area contributed by atoms with Gasteiger partial charge in [0.25, 0.3) is 0 Å². The summed E-state index contributed by atoms with van der Waals surface area (Å²) in [6.07, 6.45) is 1.47. The van der Waals surface area contributed by atoms with Crippen LogP contribution in [-0.4, -0.2) is 19.2 Å². The highest BCUT2D eigenvalue weighted by atomic mass is 79.9. The molecule has 0 spiro atoms. The minimum absolute atomic E-state index is 0.251. The lowest BCUT2D eigenvalue weighted by molar-refractivity contribution is 0.0531. The number of hydrogen-bond donors (Lipinski definition) is 1. The zero-order chi connectivity index (χ0) is 13.4. The number of halogens is 1. The van der Waals surface area contributed by atoms with Crippen molar-refractivity contribution in [2.75, 3.05) is 13.1 Å². The van der Waals surface area contributed by atoms with Crippen molar-refractivity contribution in [2.24, 2.45) is 5.92 Å². The summed E-state index contributed by atoms with van der Waals surface area (Å²) < 4.78 is 6.90. The molecule has 1 unspecified atom stereocenters. The van der Waals surface area contributed by atoms with E-state index in [1.54, 1.807) is 0 Å². The normalized spacial score (nSPS) is 12.9. The molecular formula is C15H24BrNO. The van der Waals surface area contributed by atoms with Gasteiger partial charge in [-0.2, -0.15) is 0 Å². The summed E-state index contributed by atoms with van der Waals surface area (Å²) in [5.74, 6) is 0.761. The lowest BCUT2D eigenvalue weighted by atomic mass is 10.1. The highest BCUT2D eigenvalue weighted by molar-refractivity contribution is 9.10. The van der Waals surface area contributed by atoms with Crippen LogP contribution in [0.5, 0.6) is 0 Å². The van der Waals surface area contributed by atoms with Crippen molar-refractivity contribution in [1.29, 1.82) is 0 Å². The van der Waals surface area contributed by atoms with Crippen LogP contribution in [0.15, 0.2) is 28.7 Å². The van der Waals surface area contributed by atoms with Crippen LogP contribution >= 0.6 is 15.9 Å². The van der Waals surface area contributed by atoms with Crippen LogP contribution in [0.1, 0.15) is 32.8 Å². The second-order valence-electron chi connectivity index (χ2n) is 5.13. The monoisotopic (exact) mass is 313 g/mol. The molecule has 1 N–H and O–H groups in total. The lowest BCUT2D eigenvalue weighted by Crippen LogP contribution is -2.28. The van der Waals surface area contributed by atoms with Crippen molar-refractivity contribution in [2.45, 2.75) is 39.9 Å². The van der Waals surface area contributed by atoms with E-state index in [9.17, 15) is 0 Å². The molecule has 1 aromatic rings. The van der Waals surface area contributed by atoms with E-state index in [4.69, 9.17) is 4.74 Å². The van der Waals surface area contributed by atoms with Crippen LogP contribution in [0.4, 0.5) is 0 Å². The van der Waals surface area contributed by atoms with Crippen molar-refractivity contribution in [3.63, 3.8) is 0 Å². The first-order valence-corrected chi connectivity index (χ1v) is 7.44. The van der Waals surface area contributed by atoms with E-state index in [-0.39, 0.29) is 6.10 Å². The Bertz CT molecular complexity index is 324. The van der Waals surface area contributed by atoms with E-state index in [2.05, 4.69) is 54.2 Å². The standard InChI is InChI=1S/C15H24BrNO/c1-12(2)8-9-17-10-13(3)18-11-14-4-6-15(16)7-5-14/h4-7,12-13,17H,8-11H2,1-3H3. The Morgan fingerprint density at radius 3 is 2.44 bits per heavy atom. The molecular weight excluding hydrogens is 290 g/mol. The highest BCUT2D eigenvalue weighted by Crippen LogP contribution is 2.11. The fourth-order valence-corrected chi connectivity index (χ4v) is 1.84. The Morgan fingerprint density at radius 1 is 1.17 bits per heavy atom. The highest BCUT2D eigenvalue weighted by Gasteiger charge is 2.02. The molecule has 18 heavy (non-hydrogen) atoms. The van der Waals surface area contributed by atoms with Crippen LogP contribution in [0.3, 0.4) is 0 Å². The summed E-state index contributed by atoms with van der Waals surface area (Å²) >= 11 is 3.43. The fourth-order valence-electron chi connectivity index (χ4n) is 1.57. The van der Waals surface area contributed by atoms with Gasteiger partial charge in [-0.15, -0.1) is 0 Å². The first-order chi connectivity index (χ1) is 8.58. The summed E-state index contributed by atoms with van der Waals surface area (Å²) in [6, 6.07) is 8.26. The molecule has 1 atom stereocenters. The van der Waals surface area contributed by atoms with E-state index in [0.717, 1.165) is 23.5 Å². The third-order valence-electron chi connectivity index (χ3n) is 2.78. The molecule has 0 fully saturated rings. The number of nitrogens with one attached hydrogen (secondary N) is 1. The van der Waals surface area contributed by atoms with E-state index >= 15 is 0 Å². The molecule has 2 nitrogen and oxygen atoms in total. The third-order valence-corrected chi connectivity index (χ3v) is 3.31. The zero-order valence-corrected chi connectivity index (χ0v) is 13.2. The minimum Gasteiger partial charge on any atom is -0.373 e. The molecule has 0 aliphatic heterocycles. The largest absolute Gasteiger partial charge is 0.373 e. The van der Waals surface area contributed by atoms with Gasteiger partial charge in [-0.1, -0.05) is 41.9 Å². The summed E-state index contributed by atoms with van der Waals surface area (Å²) in [4.78, 5) is 0. The molecule has 0 saturated heterocycles. The second kappa shape index (κ2) is 8.68. The number of rotatable bonds is 8. The average molecular weight is 314 g/mol. The maximum atomic E-state index is 5.80. The van der Waals surface area contributed by atoms with Crippen molar-refractivity contribution >= 4 is 15.9 Å². The third kappa shape index (κ3) is 7.14. The maximum Gasteiger partial charge on any atom is 0.0721 e. The van der Waals surface area contributed by atoms with Crippen molar-refractivity contribution in [3.05, 3.63) is 34.3 Å². The van der Waals surface area contributed by atoms with Gasteiger partial charge < -0.3 is 10.1 Å². The summed E-state index contributed by atoms with van der Waals surface area (Å²) in [6.45, 7) is 9.28. The van der Waals surface area contributed by atoms with Gasteiger partial charge in [-0.05, 0) is 43.5 Å². The smallest absolute Gasteiger partial charge is 0.0721 e. The number of benzene rings is 1. The van der Waals surface area contributed by atoms with Gasteiger partial charge in [0.15, 0.2) is 0 Å². The molecule has 0 aromatic heterocycles. The van der Waals surface area contributed by atoms with Crippen molar-refractivity contribution in [1.82, 2.24) is 5.32 Å². The number of ether oxygens (including phenoxy) is 1. The van der Waals surface area contributed by atoms with E-state index in [0.29, 0.717) is 6.61 Å². The Morgan fingerprint density at radius 2 is 1.83 bits per heavy atom. The number of hydrogen-bond acceptors (Lipinski definition) is 2. The van der Waals surface area contributed by atoms with Gasteiger partial charge in [0.1, 0.15) is 0 Å². The van der Waals surface area contributed by atoms with Gasteiger partial charge in [0, 0.05) is 11.0 Å². The Labute approximate surface area is 119 Å². The van der Waals surface area contributed by atoms with Gasteiger partial charge in [0.2, 0.25) is 0 Å². The predicted octanol–water partition coefficient (Wildman–Crippen LogP) is 3.99. The first kappa shape index (κ1) is 15.7. The van der Waals surface area contributed by atoms with E-state index in [1.165, 1.54) is 12.0 Å². The molecule has 0 heterocycles. The second-order valence-corrected chi connectivity index (χ2v) is 6.05. The quantitative estimate of drug-likeness (QED) is 0.733. The van der Waals surface area contributed by atoms with Crippen molar-refractivity contribution in [3.8, 4) is 0 Å². The SMILES string of the molecule is CC(C)CCNCC(C)OCc1ccc(Br)cc1. The Kier molecular flexibility index (Phi) is 7.56. The zero-order valence-electron chi connectivity index (χ0n) is 11.6. The van der Waals surface area contributed by atoms with Crippen LogP contribution in [0.2, 0.25) is 0 Å². The minimum atomic E-state index is 0.251. The molecule has 0 radical (unpaired) electrons. The molecule has 1 rings (SSSR count).